The fourth-order valence-electron chi connectivity index (χ4n) is 3.20. The van der Waals surface area contributed by atoms with Crippen LogP contribution in [0.25, 0.3) is 16.6 Å². The Labute approximate surface area is 199 Å². The first kappa shape index (κ1) is 24.7. The molecule has 10 heteroatoms. The van der Waals surface area contributed by atoms with Crippen LogP contribution in [0, 0.1) is 5.82 Å². The van der Waals surface area contributed by atoms with E-state index in [4.69, 9.17) is 11.6 Å². The molecule has 7 nitrogen and oxygen atoms in total. The van der Waals surface area contributed by atoms with Crippen LogP contribution < -0.4 is 10.9 Å². The molecule has 0 unspecified atom stereocenters. The maximum Gasteiger partial charge on any atom is 0.266 e. The lowest BCUT2D eigenvalue weighted by molar-refractivity contribution is -0.134. The Morgan fingerprint density at radius 3 is 2.64 bits per heavy atom. The van der Waals surface area contributed by atoms with Gasteiger partial charge in [-0.1, -0.05) is 35.5 Å². The molecule has 33 heavy (non-hydrogen) atoms. The number of para-hydroxylation sites is 1. The fourth-order valence-corrected chi connectivity index (χ4v) is 4.29. The molecule has 0 aliphatic carbocycles. The van der Waals surface area contributed by atoms with Crippen molar-refractivity contribution in [3.8, 4) is 5.69 Å². The van der Waals surface area contributed by atoms with Crippen LogP contribution >= 0.6 is 23.4 Å². The number of amides is 2. The highest BCUT2D eigenvalue weighted by atomic mass is 35.5. The molecule has 1 heterocycles. The molecule has 1 aromatic heterocycles. The molecule has 0 spiro atoms. The number of fused-ring (bicyclic) bond motifs is 1. The summed E-state index contributed by atoms with van der Waals surface area (Å²) in [5.74, 6) is -1.16. The third kappa shape index (κ3) is 5.91. The van der Waals surface area contributed by atoms with Gasteiger partial charge in [0.25, 0.3) is 5.56 Å². The Balaban J connectivity index is 1.93. The van der Waals surface area contributed by atoms with E-state index in [1.165, 1.54) is 27.7 Å². The minimum Gasteiger partial charge on any atom is -0.352 e. The summed E-state index contributed by atoms with van der Waals surface area (Å²) in [4.78, 5) is 44.1. The molecular weight excluding hydrogens is 467 g/mol. The van der Waals surface area contributed by atoms with Crippen LogP contribution in [0.5, 0.6) is 0 Å². The third-order valence-corrected chi connectivity index (χ3v) is 5.96. The van der Waals surface area contributed by atoms with Gasteiger partial charge in [-0.15, -0.1) is 0 Å². The lowest BCUT2D eigenvalue weighted by atomic mass is 10.2. The van der Waals surface area contributed by atoms with Crippen molar-refractivity contribution < 1.29 is 14.0 Å². The molecule has 3 rings (SSSR count). The molecule has 0 fully saturated rings. The summed E-state index contributed by atoms with van der Waals surface area (Å²) in [5.41, 5.74) is 0.454. The van der Waals surface area contributed by atoms with E-state index in [9.17, 15) is 18.8 Å². The van der Waals surface area contributed by atoms with E-state index >= 15 is 0 Å². The van der Waals surface area contributed by atoms with Gasteiger partial charge in [0.15, 0.2) is 5.16 Å². The molecule has 0 saturated carbocycles. The summed E-state index contributed by atoms with van der Waals surface area (Å²) >= 11 is 7.01. The number of nitrogens with one attached hydrogen (secondary N) is 1. The second-order valence-electron chi connectivity index (χ2n) is 7.57. The van der Waals surface area contributed by atoms with Gasteiger partial charge >= 0.3 is 0 Å². The summed E-state index contributed by atoms with van der Waals surface area (Å²) in [6.45, 7) is 5.78. The Morgan fingerprint density at radius 2 is 1.97 bits per heavy atom. The van der Waals surface area contributed by atoms with Crippen LogP contribution in [0.4, 0.5) is 4.39 Å². The molecule has 2 amide bonds. The van der Waals surface area contributed by atoms with Crippen LogP contribution in [0.1, 0.15) is 20.8 Å². The molecule has 0 bridgehead atoms. The van der Waals surface area contributed by atoms with Crippen LogP contribution in [-0.4, -0.2) is 51.1 Å². The Hall–Kier alpha value is -2.91. The lowest BCUT2D eigenvalue weighted by Gasteiger charge is -2.21. The van der Waals surface area contributed by atoms with E-state index in [2.05, 4.69) is 10.3 Å². The second kappa shape index (κ2) is 10.8. The van der Waals surface area contributed by atoms with Crippen LogP contribution in [-0.2, 0) is 9.59 Å². The van der Waals surface area contributed by atoms with Gasteiger partial charge in [0.1, 0.15) is 5.82 Å². The average molecular weight is 491 g/mol. The molecule has 0 atom stereocenters. The first-order valence-electron chi connectivity index (χ1n) is 10.4. The SMILES string of the molecule is CCN(CC(=O)NC(C)C)C(=O)CSc1nc2ccccc2c(=O)n1-c1ccc(F)c(Cl)c1. The van der Waals surface area contributed by atoms with Gasteiger partial charge in [-0.2, -0.15) is 0 Å². The van der Waals surface area contributed by atoms with Gasteiger partial charge < -0.3 is 10.2 Å². The van der Waals surface area contributed by atoms with Crippen molar-refractivity contribution in [3.05, 3.63) is 63.7 Å². The van der Waals surface area contributed by atoms with Crippen molar-refractivity contribution >= 4 is 46.1 Å². The molecule has 174 valence electrons. The maximum atomic E-state index is 13.7. The van der Waals surface area contributed by atoms with Crippen molar-refractivity contribution in [2.24, 2.45) is 0 Å². The predicted octanol–water partition coefficient (Wildman–Crippen LogP) is 3.64. The van der Waals surface area contributed by atoms with E-state index in [1.807, 2.05) is 13.8 Å². The third-order valence-electron chi connectivity index (χ3n) is 4.75. The molecular formula is C23H24ClFN4O3S. The zero-order chi connectivity index (χ0) is 24.1. The monoisotopic (exact) mass is 490 g/mol. The van der Waals surface area contributed by atoms with E-state index in [0.717, 1.165) is 11.8 Å². The number of nitrogens with zero attached hydrogens (tertiary/aromatic N) is 3. The fraction of sp³-hybridized carbons (Fsp3) is 0.304. The van der Waals surface area contributed by atoms with Crippen LogP contribution in [0.2, 0.25) is 5.02 Å². The standard InChI is InChI=1S/C23H24ClFN4O3S/c1-4-28(12-20(30)26-14(2)3)21(31)13-33-23-27-19-8-6-5-7-16(19)22(32)29(23)15-9-10-18(25)17(24)11-15/h5-11,14H,4,12-13H2,1-3H3,(H,26,30). The number of thioether (sulfide) groups is 1. The van der Waals surface area contributed by atoms with Crippen molar-refractivity contribution in [1.29, 1.82) is 0 Å². The second-order valence-corrected chi connectivity index (χ2v) is 8.92. The molecule has 0 radical (unpaired) electrons. The summed E-state index contributed by atoms with van der Waals surface area (Å²) in [6, 6.07) is 10.8. The summed E-state index contributed by atoms with van der Waals surface area (Å²) in [6.07, 6.45) is 0. The summed E-state index contributed by atoms with van der Waals surface area (Å²) < 4.78 is 15.0. The Kier molecular flexibility index (Phi) is 8.10. The highest BCUT2D eigenvalue weighted by Crippen LogP contribution is 2.24. The van der Waals surface area contributed by atoms with Crippen molar-refractivity contribution in [2.75, 3.05) is 18.8 Å². The molecule has 0 saturated heterocycles. The van der Waals surface area contributed by atoms with Gasteiger partial charge in [-0.3, -0.25) is 19.0 Å². The molecule has 3 aromatic rings. The number of hydrogen-bond donors (Lipinski definition) is 1. The topological polar surface area (TPSA) is 84.3 Å². The first-order valence-corrected chi connectivity index (χ1v) is 11.7. The molecule has 1 N–H and O–H groups in total. The van der Waals surface area contributed by atoms with Gasteiger partial charge in [0, 0.05) is 12.6 Å². The minimum absolute atomic E-state index is 0.0283. The smallest absolute Gasteiger partial charge is 0.266 e. The number of halogens is 2. The Bertz CT molecular complexity index is 1250. The van der Waals surface area contributed by atoms with Crippen LogP contribution in [0.15, 0.2) is 52.4 Å². The number of carbonyl (C=O) groups excluding carboxylic acids is 2. The quantitative estimate of drug-likeness (QED) is 0.385. The van der Waals surface area contributed by atoms with E-state index in [0.29, 0.717) is 23.1 Å². The average Bonchev–Trinajstić information content (AvgIpc) is 2.77. The van der Waals surface area contributed by atoms with Gasteiger partial charge in [-0.25, -0.2) is 9.37 Å². The summed E-state index contributed by atoms with van der Waals surface area (Å²) in [5, 5.41) is 3.28. The van der Waals surface area contributed by atoms with Crippen molar-refractivity contribution in [2.45, 2.75) is 32.0 Å². The molecule has 0 aliphatic heterocycles. The van der Waals surface area contributed by atoms with Crippen LogP contribution in [0.3, 0.4) is 0 Å². The maximum absolute atomic E-state index is 13.7. The number of rotatable bonds is 8. The highest BCUT2D eigenvalue weighted by molar-refractivity contribution is 7.99. The minimum atomic E-state index is -0.607. The number of carbonyl (C=O) groups is 2. The summed E-state index contributed by atoms with van der Waals surface area (Å²) in [7, 11) is 0. The number of hydrogen-bond acceptors (Lipinski definition) is 5. The number of aromatic nitrogens is 2. The normalized spacial score (nSPS) is 11.1. The van der Waals surface area contributed by atoms with Crippen molar-refractivity contribution in [3.63, 3.8) is 0 Å². The van der Waals surface area contributed by atoms with Crippen molar-refractivity contribution in [1.82, 2.24) is 19.8 Å². The molecule has 2 aromatic carbocycles. The lowest BCUT2D eigenvalue weighted by Crippen LogP contribution is -2.43. The number of likely N-dealkylation sites (N-methyl/N-ethyl adjacent to an activating group) is 1. The number of benzene rings is 2. The highest BCUT2D eigenvalue weighted by Gasteiger charge is 2.19. The first-order chi connectivity index (χ1) is 15.7. The largest absolute Gasteiger partial charge is 0.352 e. The zero-order valence-electron chi connectivity index (χ0n) is 18.5. The van der Waals surface area contributed by atoms with E-state index in [1.54, 1.807) is 31.2 Å². The Morgan fingerprint density at radius 1 is 1.24 bits per heavy atom. The zero-order valence-corrected chi connectivity index (χ0v) is 20.0. The van der Waals surface area contributed by atoms with E-state index in [-0.39, 0.29) is 45.9 Å². The molecule has 0 aliphatic rings. The van der Waals surface area contributed by atoms with Gasteiger partial charge in [0.2, 0.25) is 11.8 Å². The van der Waals surface area contributed by atoms with Gasteiger partial charge in [-0.05, 0) is 51.1 Å². The predicted molar refractivity (Wildman–Crippen MR) is 129 cm³/mol. The van der Waals surface area contributed by atoms with E-state index < -0.39 is 5.82 Å². The van der Waals surface area contributed by atoms with Gasteiger partial charge in [0.05, 0.1) is 33.9 Å².